The second-order valence-electron chi connectivity index (χ2n) is 3.82. The molecular weight excluding hydrogens is 286 g/mol. The van der Waals surface area contributed by atoms with Crippen molar-refractivity contribution >= 4 is 27.7 Å². The fourth-order valence-corrected chi connectivity index (χ4v) is 1.37. The number of pyridine rings is 1. The Morgan fingerprint density at radius 1 is 1.29 bits per heavy atom. The first-order chi connectivity index (χ1) is 7.91. The fraction of sp³-hybridized carbons (Fsp3) is 0.364. The number of hydrogen-bond acceptors (Lipinski definition) is 3. The molecule has 0 atom stereocenters. The zero-order valence-corrected chi connectivity index (χ0v) is 11.6. The van der Waals surface area contributed by atoms with E-state index in [1.165, 1.54) is 16.0 Å². The van der Waals surface area contributed by atoms with Gasteiger partial charge in [0.25, 0.3) is 5.91 Å². The number of amides is 2. The van der Waals surface area contributed by atoms with Crippen molar-refractivity contribution in [1.29, 1.82) is 0 Å². The monoisotopic (exact) mass is 299 g/mol. The van der Waals surface area contributed by atoms with Gasteiger partial charge in [-0.25, -0.2) is 4.98 Å². The van der Waals surface area contributed by atoms with Crippen LogP contribution in [0.2, 0.25) is 0 Å². The number of halogens is 1. The minimum Gasteiger partial charge on any atom is -0.347 e. The molecule has 6 heteroatoms. The molecule has 0 fully saturated rings. The standard InChI is InChI=1S/C11H14BrN3O2/c1-14(2)10(16)7-15(3)11(17)8-4-5-9(12)13-6-8/h4-6H,7H2,1-3H3. The predicted molar refractivity (Wildman–Crippen MR) is 67.6 cm³/mol. The highest BCUT2D eigenvalue weighted by Crippen LogP contribution is 2.08. The topological polar surface area (TPSA) is 53.5 Å². The van der Waals surface area contributed by atoms with E-state index in [2.05, 4.69) is 20.9 Å². The molecule has 0 aromatic carbocycles. The quantitative estimate of drug-likeness (QED) is 0.783. The van der Waals surface area contributed by atoms with Gasteiger partial charge in [0, 0.05) is 27.3 Å². The highest BCUT2D eigenvalue weighted by molar-refractivity contribution is 9.10. The first-order valence-corrected chi connectivity index (χ1v) is 5.78. The van der Waals surface area contributed by atoms with Crippen LogP contribution in [0.4, 0.5) is 0 Å². The Bertz CT molecular complexity index is 417. The van der Waals surface area contributed by atoms with E-state index in [9.17, 15) is 9.59 Å². The van der Waals surface area contributed by atoms with Crippen molar-refractivity contribution < 1.29 is 9.59 Å². The lowest BCUT2D eigenvalue weighted by Crippen LogP contribution is -2.37. The Balaban J connectivity index is 2.70. The average Bonchev–Trinajstić information content (AvgIpc) is 2.28. The van der Waals surface area contributed by atoms with Gasteiger partial charge >= 0.3 is 0 Å². The normalized spacial score (nSPS) is 9.88. The number of carbonyl (C=O) groups is 2. The zero-order valence-electron chi connectivity index (χ0n) is 9.98. The van der Waals surface area contributed by atoms with Crippen LogP contribution in [-0.4, -0.2) is 54.3 Å². The maximum absolute atomic E-state index is 11.9. The molecule has 0 N–H and O–H groups in total. The Morgan fingerprint density at radius 3 is 2.41 bits per heavy atom. The number of carbonyl (C=O) groups excluding carboxylic acids is 2. The fourth-order valence-electron chi connectivity index (χ4n) is 1.14. The summed E-state index contributed by atoms with van der Waals surface area (Å²) in [6.45, 7) is 0.0574. The van der Waals surface area contributed by atoms with E-state index in [0.29, 0.717) is 10.2 Å². The Morgan fingerprint density at radius 2 is 1.94 bits per heavy atom. The molecule has 1 aromatic rings. The van der Waals surface area contributed by atoms with Gasteiger partial charge in [0.2, 0.25) is 5.91 Å². The number of hydrogen-bond donors (Lipinski definition) is 0. The molecule has 1 rings (SSSR count). The molecule has 1 aromatic heterocycles. The van der Waals surface area contributed by atoms with Gasteiger partial charge in [-0.15, -0.1) is 0 Å². The summed E-state index contributed by atoms with van der Waals surface area (Å²) < 4.78 is 0.668. The first kappa shape index (κ1) is 13.6. The maximum Gasteiger partial charge on any atom is 0.255 e. The van der Waals surface area contributed by atoms with Crippen LogP contribution in [0.5, 0.6) is 0 Å². The van der Waals surface area contributed by atoms with Crippen LogP contribution in [0.25, 0.3) is 0 Å². The van der Waals surface area contributed by atoms with Gasteiger partial charge in [-0.2, -0.15) is 0 Å². The summed E-state index contributed by atoms with van der Waals surface area (Å²) >= 11 is 3.19. The van der Waals surface area contributed by atoms with Gasteiger partial charge in [-0.3, -0.25) is 9.59 Å². The third-order valence-electron chi connectivity index (χ3n) is 2.19. The van der Waals surface area contributed by atoms with Gasteiger partial charge in [-0.05, 0) is 28.1 Å². The molecule has 5 nitrogen and oxygen atoms in total. The van der Waals surface area contributed by atoms with Crippen LogP contribution in [-0.2, 0) is 4.79 Å². The zero-order chi connectivity index (χ0) is 13.0. The van der Waals surface area contributed by atoms with E-state index < -0.39 is 0 Å². The molecule has 0 spiro atoms. The molecule has 0 saturated heterocycles. The Kier molecular flexibility index (Phi) is 4.62. The molecule has 0 radical (unpaired) electrons. The van der Waals surface area contributed by atoms with Crippen LogP contribution in [0.3, 0.4) is 0 Å². The highest BCUT2D eigenvalue weighted by atomic mass is 79.9. The van der Waals surface area contributed by atoms with Gasteiger partial charge in [-0.1, -0.05) is 0 Å². The van der Waals surface area contributed by atoms with Crippen molar-refractivity contribution in [3.8, 4) is 0 Å². The van der Waals surface area contributed by atoms with E-state index in [4.69, 9.17) is 0 Å². The third kappa shape index (κ3) is 3.81. The number of rotatable bonds is 3. The summed E-state index contributed by atoms with van der Waals surface area (Å²) in [7, 11) is 4.90. The van der Waals surface area contributed by atoms with Crippen molar-refractivity contribution in [2.24, 2.45) is 0 Å². The highest BCUT2D eigenvalue weighted by Gasteiger charge is 2.15. The van der Waals surface area contributed by atoms with E-state index in [1.807, 2.05) is 0 Å². The van der Waals surface area contributed by atoms with Crippen LogP contribution in [0, 0.1) is 0 Å². The molecule has 0 bridgehead atoms. The van der Waals surface area contributed by atoms with Crippen LogP contribution >= 0.6 is 15.9 Å². The minimum absolute atomic E-state index is 0.0574. The lowest BCUT2D eigenvalue weighted by atomic mass is 10.2. The molecule has 0 aliphatic heterocycles. The molecular formula is C11H14BrN3O2. The van der Waals surface area contributed by atoms with Crippen LogP contribution < -0.4 is 0 Å². The van der Waals surface area contributed by atoms with Crippen molar-refractivity contribution in [1.82, 2.24) is 14.8 Å². The van der Waals surface area contributed by atoms with E-state index in [0.717, 1.165) is 0 Å². The van der Waals surface area contributed by atoms with Crippen LogP contribution in [0.15, 0.2) is 22.9 Å². The van der Waals surface area contributed by atoms with Crippen molar-refractivity contribution in [3.63, 3.8) is 0 Å². The summed E-state index contributed by atoms with van der Waals surface area (Å²) in [5.74, 6) is -0.342. The van der Waals surface area contributed by atoms with Crippen molar-refractivity contribution in [3.05, 3.63) is 28.5 Å². The molecule has 0 saturated carbocycles. The second kappa shape index (κ2) is 5.77. The maximum atomic E-state index is 11.9. The van der Waals surface area contributed by atoms with Gasteiger partial charge in [0.05, 0.1) is 12.1 Å². The summed E-state index contributed by atoms with van der Waals surface area (Å²) in [5, 5.41) is 0. The van der Waals surface area contributed by atoms with E-state index in [-0.39, 0.29) is 18.4 Å². The smallest absolute Gasteiger partial charge is 0.255 e. The van der Waals surface area contributed by atoms with Crippen molar-refractivity contribution in [2.45, 2.75) is 0 Å². The van der Waals surface area contributed by atoms with E-state index in [1.54, 1.807) is 33.3 Å². The van der Waals surface area contributed by atoms with Crippen LogP contribution in [0.1, 0.15) is 10.4 Å². The first-order valence-electron chi connectivity index (χ1n) is 4.99. The van der Waals surface area contributed by atoms with E-state index >= 15 is 0 Å². The summed E-state index contributed by atoms with van der Waals surface area (Å²) in [4.78, 5) is 30.2. The van der Waals surface area contributed by atoms with Gasteiger partial charge < -0.3 is 9.80 Å². The Hall–Kier alpha value is -1.43. The molecule has 0 aliphatic rings. The number of nitrogens with zero attached hydrogens (tertiary/aromatic N) is 3. The molecule has 1 heterocycles. The molecule has 17 heavy (non-hydrogen) atoms. The lowest BCUT2D eigenvalue weighted by molar-refractivity contribution is -0.129. The average molecular weight is 300 g/mol. The Labute approximate surface area is 109 Å². The summed E-state index contributed by atoms with van der Waals surface area (Å²) in [5.41, 5.74) is 0.460. The number of aromatic nitrogens is 1. The molecule has 0 aliphatic carbocycles. The molecule has 92 valence electrons. The SMILES string of the molecule is CN(C)C(=O)CN(C)C(=O)c1ccc(Br)nc1. The molecule has 2 amide bonds. The lowest BCUT2D eigenvalue weighted by Gasteiger charge is -2.19. The third-order valence-corrected chi connectivity index (χ3v) is 2.66. The van der Waals surface area contributed by atoms with Gasteiger partial charge in [0.1, 0.15) is 4.60 Å². The summed E-state index contributed by atoms with van der Waals surface area (Å²) in [6, 6.07) is 3.35. The largest absolute Gasteiger partial charge is 0.347 e. The minimum atomic E-state index is -0.222. The van der Waals surface area contributed by atoms with Gasteiger partial charge in [0.15, 0.2) is 0 Å². The predicted octanol–water partition coefficient (Wildman–Crippen LogP) is 1.00. The summed E-state index contributed by atoms with van der Waals surface area (Å²) in [6.07, 6.45) is 1.48. The number of likely N-dealkylation sites (N-methyl/N-ethyl adjacent to an activating group) is 2. The molecule has 0 unspecified atom stereocenters. The second-order valence-corrected chi connectivity index (χ2v) is 4.63. The van der Waals surface area contributed by atoms with Crippen molar-refractivity contribution in [2.75, 3.05) is 27.7 Å².